The minimum Gasteiger partial charge on any atom is -0.394 e. The summed E-state index contributed by atoms with van der Waals surface area (Å²) in [5, 5.41) is 17.5. The van der Waals surface area contributed by atoms with Gasteiger partial charge in [0.25, 0.3) is 0 Å². The van der Waals surface area contributed by atoms with E-state index in [1.807, 2.05) is 0 Å². The van der Waals surface area contributed by atoms with Crippen LogP contribution in [-0.4, -0.2) is 22.9 Å². The molecule has 0 saturated carbocycles. The normalized spacial score (nSPS) is 16.8. The van der Waals surface area contributed by atoms with E-state index < -0.39 is 6.10 Å². The maximum Gasteiger partial charge on any atom is 0.0773 e. The second kappa shape index (κ2) is 5.69. The predicted octanol–water partition coefficient (Wildman–Crippen LogP) is 1.17. The van der Waals surface area contributed by atoms with Gasteiger partial charge in [-0.15, -0.1) is 0 Å². The molecule has 10 heavy (non-hydrogen) atoms. The van der Waals surface area contributed by atoms with Gasteiger partial charge in [-0.05, 0) is 12.3 Å². The second-order valence-electron chi connectivity index (χ2n) is 2.97. The highest BCUT2D eigenvalue weighted by Crippen LogP contribution is 2.11. The third-order valence-corrected chi connectivity index (χ3v) is 1.67. The third-order valence-electron chi connectivity index (χ3n) is 1.67. The lowest BCUT2D eigenvalue weighted by Crippen LogP contribution is -2.15. The van der Waals surface area contributed by atoms with E-state index in [2.05, 4.69) is 13.8 Å². The smallest absolute Gasteiger partial charge is 0.0773 e. The Bertz CT molecular complexity index is 73.7. The summed E-state index contributed by atoms with van der Waals surface area (Å²) in [6.45, 7) is 4.12. The molecule has 2 nitrogen and oxygen atoms in total. The van der Waals surface area contributed by atoms with Crippen molar-refractivity contribution in [3.63, 3.8) is 0 Å². The first kappa shape index (κ1) is 9.92. The van der Waals surface area contributed by atoms with E-state index in [9.17, 15) is 0 Å². The Morgan fingerprint density at radius 1 is 1.40 bits per heavy atom. The van der Waals surface area contributed by atoms with Crippen LogP contribution in [0.5, 0.6) is 0 Å². The van der Waals surface area contributed by atoms with Crippen LogP contribution in [0.2, 0.25) is 0 Å². The van der Waals surface area contributed by atoms with Crippen LogP contribution in [0.25, 0.3) is 0 Å². The number of aliphatic hydroxyl groups excluding tert-OH is 2. The molecule has 0 amide bonds. The summed E-state index contributed by atoms with van der Waals surface area (Å²) in [4.78, 5) is 0. The van der Waals surface area contributed by atoms with Crippen molar-refractivity contribution in [3.8, 4) is 0 Å². The Morgan fingerprint density at radius 3 is 2.40 bits per heavy atom. The van der Waals surface area contributed by atoms with Gasteiger partial charge in [0.1, 0.15) is 0 Å². The molecule has 0 fully saturated rings. The van der Waals surface area contributed by atoms with Crippen molar-refractivity contribution in [2.75, 3.05) is 6.61 Å². The fourth-order valence-corrected chi connectivity index (χ4v) is 1.15. The molecule has 0 radical (unpaired) electrons. The van der Waals surface area contributed by atoms with Crippen LogP contribution < -0.4 is 0 Å². The molecule has 0 aliphatic carbocycles. The molecule has 2 N–H and O–H groups in total. The van der Waals surface area contributed by atoms with Crippen molar-refractivity contribution in [3.05, 3.63) is 0 Å². The van der Waals surface area contributed by atoms with Crippen LogP contribution in [0.3, 0.4) is 0 Å². The molecule has 0 aromatic carbocycles. The standard InChI is InChI=1S/C8H18O2/c1-3-4-7(2)5-8(10)6-9/h7-10H,3-6H2,1-2H3. The summed E-state index contributed by atoms with van der Waals surface area (Å²) in [5.41, 5.74) is 0. The average molecular weight is 146 g/mol. The zero-order chi connectivity index (χ0) is 7.98. The summed E-state index contributed by atoms with van der Waals surface area (Å²) in [5.74, 6) is 0.534. The Morgan fingerprint density at radius 2 is 2.00 bits per heavy atom. The van der Waals surface area contributed by atoms with Crippen molar-refractivity contribution in [1.82, 2.24) is 0 Å². The molecule has 2 atom stereocenters. The van der Waals surface area contributed by atoms with Gasteiger partial charge in [-0.25, -0.2) is 0 Å². The van der Waals surface area contributed by atoms with Gasteiger partial charge in [-0.3, -0.25) is 0 Å². The summed E-state index contributed by atoms with van der Waals surface area (Å²) in [7, 11) is 0. The summed E-state index contributed by atoms with van der Waals surface area (Å²) in [6, 6.07) is 0. The van der Waals surface area contributed by atoms with Crippen LogP contribution in [0.1, 0.15) is 33.1 Å². The first-order valence-corrected chi connectivity index (χ1v) is 3.99. The molecule has 0 saturated heterocycles. The number of hydrogen-bond acceptors (Lipinski definition) is 2. The Hall–Kier alpha value is -0.0800. The molecule has 2 unspecified atom stereocenters. The van der Waals surface area contributed by atoms with Crippen LogP contribution in [0, 0.1) is 5.92 Å². The maximum atomic E-state index is 9.00. The zero-order valence-electron chi connectivity index (χ0n) is 6.88. The Balaban J connectivity index is 3.27. The van der Waals surface area contributed by atoms with E-state index >= 15 is 0 Å². The first-order valence-electron chi connectivity index (χ1n) is 3.99. The third kappa shape index (κ3) is 4.77. The van der Waals surface area contributed by atoms with E-state index in [4.69, 9.17) is 10.2 Å². The van der Waals surface area contributed by atoms with Crippen LogP contribution in [-0.2, 0) is 0 Å². The van der Waals surface area contributed by atoms with Crippen LogP contribution in [0.4, 0.5) is 0 Å². The number of aliphatic hydroxyl groups is 2. The van der Waals surface area contributed by atoms with Crippen molar-refractivity contribution in [1.29, 1.82) is 0 Å². The molecule has 0 aliphatic rings. The van der Waals surface area contributed by atoms with Gasteiger partial charge in [0.15, 0.2) is 0 Å². The monoisotopic (exact) mass is 146 g/mol. The number of hydrogen-bond donors (Lipinski definition) is 2. The quantitative estimate of drug-likeness (QED) is 0.611. The minimum absolute atomic E-state index is 0.103. The molecule has 0 aromatic rings. The van der Waals surface area contributed by atoms with Crippen molar-refractivity contribution in [2.24, 2.45) is 5.92 Å². The van der Waals surface area contributed by atoms with Gasteiger partial charge < -0.3 is 10.2 Å². The molecule has 2 heteroatoms. The van der Waals surface area contributed by atoms with Gasteiger partial charge in [0.05, 0.1) is 12.7 Å². The topological polar surface area (TPSA) is 40.5 Å². The molecule has 0 spiro atoms. The van der Waals surface area contributed by atoms with E-state index in [1.165, 1.54) is 0 Å². The first-order chi connectivity index (χ1) is 4.70. The van der Waals surface area contributed by atoms with Gasteiger partial charge in [-0.1, -0.05) is 26.7 Å². The highest BCUT2D eigenvalue weighted by atomic mass is 16.3. The molecular formula is C8H18O2. The molecule has 0 rings (SSSR count). The van der Waals surface area contributed by atoms with Gasteiger partial charge in [0, 0.05) is 0 Å². The Labute approximate surface area is 62.9 Å². The van der Waals surface area contributed by atoms with Gasteiger partial charge >= 0.3 is 0 Å². The average Bonchev–Trinajstić information content (AvgIpc) is 1.88. The largest absolute Gasteiger partial charge is 0.394 e. The molecular weight excluding hydrogens is 128 g/mol. The van der Waals surface area contributed by atoms with Crippen LogP contribution >= 0.6 is 0 Å². The van der Waals surface area contributed by atoms with E-state index in [1.54, 1.807) is 0 Å². The fraction of sp³-hybridized carbons (Fsp3) is 1.00. The highest BCUT2D eigenvalue weighted by Gasteiger charge is 2.07. The zero-order valence-corrected chi connectivity index (χ0v) is 6.88. The van der Waals surface area contributed by atoms with Crippen molar-refractivity contribution in [2.45, 2.75) is 39.2 Å². The van der Waals surface area contributed by atoms with Crippen LogP contribution in [0.15, 0.2) is 0 Å². The second-order valence-corrected chi connectivity index (χ2v) is 2.97. The van der Waals surface area contributed by atoms with E-state index in [-0.39, 0.29) is 6.61 Å². The molecule has 0 aliphatic heterocycles. The summed E-state index contributed by atoms with van der Waals surface area (Å²) < 4.78 is 0. The lowest BCUT2D eigenvalue weighted by Gasteiger charge is -2.12. The number of rotatable bonds is 5. The molecule has 0 heterocycles. The van der Waals surface area contributed by atoms with Crippen molar-refractivity contribution < 1.29 is 10.2 Å². The van der Waals surface area contributed by atoms with Crippen molar-refractivity contribution >= 4 is 0 Å². The Kier molecular flexibility index (Phi) is 5.64. The minimum atomic E-state index is -0.512. The lowest BCUT2D eigenvalue weighted by atomic mass is 9.99. The lowest BCUT2D eigenvalue weighted by molar-refractivity contribution is 0.0750. The molecule has 62 valence electrons. The fourth-order valence-electron chi connectivity index (χ4n) is 1.15. The van der Waals surface area contributed by atoms with E-state index in [0.717, 1.165) is 19.3 Å². The predicted molar refractivity (Wildman–Crippen MR) is 41.8 cm³/mol. The molecule has 0 bridgehead atoms. The summed E-state index contributed by atoms with van der Waals surface area (Å²) >= 11 is 0. The van der Waals surface area contributed by atoms with Gasteiger partial charge in [-0.2, -0.15) is 0 Å². The molecule has 0 aromatic heterocycles. The van der Waals surface area contributed by atoms with E-state index in [0.29, 0.717) is 5.92 Å². The SMILES string of the molecule is CCCC(C)CC(O)CO. The summed E-state index contributed by atoms with van der Waals surface area (Å²) in [6.07, 6.45) is 2.50. The van der Waals surface area contributed by atoms with Gasteiger partial charge in [0.2, 0.25) is 0 Å². The maximum absolute atomic E-state index is 9.00. The highest BCUT2D eigenvalue weighted by molar-refractivity contribution is 4.59.